The molecule has 32 heavy (non-hydrogen) atoms. The smallest absolute Gasteiger partial charge is 0.264 e. The van der Waals surface area contributed by atoms with Crippen LogP contribution >= 0.6 is 0 Å². The van der Waals surface area contributed by atoms with Crippen molar-refractivity contribution in [1.82, 2.24) is 0 Å². The second-order valence-electron chi connectivity index (χ2n) is 13.1. The fourth-order valence-corrected chi connectivity index (χ4v) is 10.0. The van der Waals surface area contributed by atoms with Gasteiger partial charge < -0.3 is 0 Å². The van der Waals surface area contributed by atoms with Crippen LogP contribution in [0, 0.1) is 52.3 Å². The molecule has 0 spiro atoms. The van der Waals surface area contributed by atoms with E-state index in [4.69, 9.17) is 8.74 Å². The molecule has 4 aliphatic rings. The van der Waals surface area contributed by atoms with E-state index in [-0.39, 0.29) is 6.10 Å². The van der Waals surface area contributed by atoms with Crippen molar-refractivity contribution >= 4 is 10.4 Å². The van der Waals surface area contributed by atoms with Gasteiger partial charge in [-0.15, -0.1) is 0 Å². The van der Waals surface area contributed by atoms with Gasteiger partial charge in [-0.05, 0) is 110 Å². The third-order valence-corrected chi connectivity index (χ3v) is 11.6. The molecule has 4 saturated carbocycles. The Labute approximate surface area is 197 Å². The highest BCUT2D eigenvalue weighted by Gasteiger charge is 2.60. The van der Waals surface area contributed by atoms with Crippen LogP contribution in [0.2, 0.25) is 0 Å². The van der Waals surface area contributed by atoms with Crippen LogP contribution in [0.4, 0.5) is 0 Å². The predicted molar refractivity (Wildman–Crippen MR) is 129 cm³/mol. The molecule has 5 heteroatoms. The van der Waals surface area contributed by atoms with Gasteiger partial charge in [-0.1, -0.05) is 53.9 Å². The van der Waals surface area contributed by atoms with Crippen LogP contribution in [0.3, 0.4) is 0 Å². The SMILES string of the molecule is CC(C)CCC[C@@H](C)[C@@H]1CC[C@@H]2[C@@H]3CC[C@H]4C[C@H](OS(=O)(=O)O)CC[C@]4(C)[C@@H]3CC[C@@]21C. The monoisotopic (exact) mass is 468 g/mol. The zero-order valence-electron chi connectivity index (χ0n) is 21.2. The average molecular weight is 469 g/mol. The average Bonchev–Trinajstić information content (AvgIpc) is 3.04. The van der Waals surface area contributed by atoms with Crippen LogP contribution in [0.1, 0.15) is 112 Å². The summed E-state index contributed by atoms with van der Waals surface area (Å²) in [4.78, 5) is 0. The van der Waals surface area contributed by atoms with Gasteiger partial charge >= 0.3 is 10.4 Å². The maximum atomic E-state index is 11.2. The molecule has 0 aromatic carbocycles. The van der Waals surface area contributed by atoms with Crippen molar-refractivity contribution in [3.8, 4) is 0 Å². The highest BCUT2D eigenvalue weighted by Crippen LogP contribution is 2.68. The summed E-state index contributed by atoms with van der Waals surface area (Å²) in [6.45, 7) is 12.4. The second kappa shape index (κ2) is 9.15. The number of rotatable bonds is 7. The Hall–Kier alpha value is -0.130. The molecule has 0 radical (unpaired) electrons. The van der Waals surface area contributed by atoms with E-state index in [0.29, 0.717) is 16.7 Å². The third kappa shape index (κ3) is 4.69. The number of fused-ring (bicyclic) bond motifs is 5. The predicted octanol–water partition coefficient (Wildman–Crippen LogP) is 7.30. The highest BCUT2D eigenvalue weighted by atomic mass is 32.3. The van der Waals surface area contributed by atoms with Crippen LogP contribution < -0.4 is 0 Å². The topological polar surface area (TPSA) is 63.6 Å². The fourth-order valence-electron chi connectivity index (χ4n) is 9.50. The Morgan fingerprint density at radius 3 is 2.28 bits per heavy atom. The van der Waals surface area contributed by atoms with Crippen LogP contribution in [0.25, 0.3) is 0 Å². The van der Waals surface area contributed by atoms with Crippen molar-refractivity contribution in [3.63, 3.8) is 0 Å². The van der Waals surface area contributed by atoms with Crippen molar-refractivity contribution in [2.75, 3.05) is 0 Å². The van der Waals surface area contributed by atoms with Crippen LogP contribution in [-0.4, -0.2) is 19.1 Å². The maximum Gasteiger partial charge on any atom is 0.397 e. The minimum atomic E-state index is -4.35. The lowest BCUT2D eigenvalue weighted by molar-refractivity contribution is -0.127. The molecule has 0 amide bonds. The summed E-state index contributed by atoms with van der Waals surface area (Å²) in [5.41, 5.74) is 0.831. The van der Waals surface area contributed by atoms with E-state index in [1.54, 1.807) is 0 Å². The Morgan fingerprint density at radius 1 is 0.906 bits per heavy atom. The molecule has 9 atom stereocenters. The molecule has 4 aliphatic carbocycles. The zero-order chi connectivity index (χ0) is 23.3. The zero-order valence-corrected chi connectivity index (χ0v) is 22.0. The van der Waals surface area contributed by atoms with E-state index in [2.05, 4.69) is 34.6 Å². The largest absolute Gasteiger partial charge is 0.397 e. The molecule has 0 aliphatic heterocycles. The molecule has 1 N–H and O–H groups in total. The molecule has 0 aromatic rings. The van der Waals surface area contributed by atoms with E-state index in [0.717, 1.165) is 54.8 Å². The molecule has 4 fully saturated rings. The molecular weight excluding hydrogens is 420 g/mol. The van der Waals surface area contributed by atoms with Crippen molar-refractivity contribution in [1.29, 1.82) is 0 Å². The van der Waals surface area contributed by atoms with Gasteiger partial charge in [0.1, 0.15) is 0 Å². The van der Waals surface area contributed by atoms with E-state index >= 15 is 0 Å². The second-order valence-corrected chi connectivity index (χ2v) is 14.2. The van der Waals surface area contributed by atoms with Gasteiger partial charge in [-0.3, -0.25) is 4.55 Å². The van der Waals surface area contributed by atoms with E-state index in [1.807, 2.05) is 0 Å². The Morgan fingerprint density at radius 2 is 1.59 bits per heavy atom. The molecule has 4 nitrogen and oxygen atoms in total. The molecule has 186 valence electrons. The molecule has 0 heterocycles. The lowest BCUT2D eigenvalue weighted by atomic mass is 9.44. The minimum Gasteiger partial charge on any atom is -0.264 e. The first-order valence-electron chi connectivity index (χ1n) is 13.6. The maximum absolute atomic E-state index is 11.2. The van der Waals surface area contributed by atoms with Gasteiger partial charge in [0.15, 0.2) is 0 Å². The first kappa shape index (κ1) is 25.0. The van der Waals surface area contributed by atoms with Gasteiger partial charge in [0.2, 0.25) is 0 Å². The van der Waals surface area contributed by atoms with E-state index in [9.17, 15) is 8.42 Å². The fraction of sp³-hybridized carbons (Fsp3) is 1.00. The molecular formula is C27H48O4S. The van der Waals surface area contributed by atoms with Gasteiger partial charge in [0.25, 0.3) is 0 Å². The summed E-state index contributed by atoms with van der Waals surface area (Å²) in [5, 5.41) is 0. The van der Waals surface area contributed by atoms with Gasteiger partial charge in [-0.25, -0.2) is 4.18 Å². The highest BCUT2D eigenvalue weighted by molar-refractivity contribution is 7.80. The third-order valence-electron chi connectivity index (χ3n) is 11.1. The molecule has 4 rings (SSSR count). The van der Waals surface area contributed by atoms with E-state index in [1.165, 1.54) is 57.8 Å². The normalized spacial score (nSPS) is 45.2. The number of hydrogen-bond donors (Lipinski definition) is 1. The van der Waals surface area contributed by atoms with Gasteiger partial charge in [0, 0.05) is 0 Å². The quantitative estimate of drug-likeness (QED) is 0.398. The van der Waals surface area contributed by atoms with Crippen molar-refractivity contribution in [2.24, 2.45) is 52.3 Å². The summed E-state index contributed by atoms with van der Waals surface area (Å²) in [6, 6.07) is 0. The Kier molecular flexibility index (Phi) is 7.14. The minimum absolute atomic E-state index is 0.310. The van der Waals surface area contributed by atoms with E-state index < -0.39 is 10.4 Å². The summed E-state index contributed by atoms with van der Waals surface area (Å²) in [5.74, 6) is 5.59. The van der Waals surface area contributed by atoms with Gasteiger partial charge in [0.05, 0.1) is 6.10 Å². The van der Waals surface area contributed by atoms with Crippen LogP contribution in [-0.2, 0) is 14.6 Å². The molecule has 0 unspecified atom stereocenters. The lowest BCUT2D eigenvalue weighted by Gasteiger charge is -2.61. The first-order chi connectivity index (χ1) is 14.9. The molecule has 0 bridgehead atoms. The molecule has 0 saturated heterocycles. The van der Waals surface area contributed by atoms with Gasteiger partial charge in [-0.2, -0.15) is 8.42 Å². The summed E-state index contributed by atoms with van der Waals surface area (Å²) in [6.07, 6.45) is 14.5. The standard InChI is InChI=1S/C27H48O4S/c1-18(2)7-6-8-19(3)23-11-12-24-22-10-9-20-17-21(31-32(28,29)30)13-15-26(20,4)25(22)14-16-27(23,24)5/h18-25H,6-17H2,1-5H3,(H,28,29,30)/t19-,20+,21-,22+,23+,24-,25-,26+,27-/m1/s1. The summed E-state index contributed by atoms with van der Waals surface area (Å²) in [7, 11) is -4.35. The van der Waals surface area contributed by atoms with Crippen LogP contribution in [0.5, 0.6) is 0 Å². The summed E-state index contributed by atoms with van der Waals surface area (Å²) < 4.78 is 36.6. The van der Waals surface area contributed by atoms with Crippen LogP contribution in [0.15, 0.2) is 0 Å². The first-order valence-corrected chi connectivity index (χ1v) is 15.0. The van der Waals surface area contributed by atoms with Crippen molar-refractivity contribution < 1.29 is 17.2 Å². The Bertz CT molecular complexity index is 764. The summed E-state index contributed by atoms with van der Waals surface area (Å²) >= 11 is 0. The van der Waals surface area contributed by atoms with Crippen molar-refractivity contribution in [2.45, 2.75) is 118 Å². The Balaban J connectivity index is 1.43. The number of hydrogen-bond acceptors (Lipinski definition) is 3. The van der Waals surface area contributed by atoms with Crippen molar-refractivity contribution in [3.05, 3.63) is 0 Å². The molecule has 0 aromatic heterocycles. The lowest BCUT2D eigenvalue weighted by Crippen LogP contribution is -2.54.